The Morgan fingerprint density at radius 3 is 1.67 bits per heavy atom. The second kappa shape index (κ2) is 30.4. The molecule has 0 spiro atoms. The molecule has 86 heavy (non-hydrogen) atoms. The van der Waals surface area contributed by atoms with Crippen molar-refractivity contribution in [3.63, 3.8) is 0 Å². The van der Waals surface area contributed by atoms with Crippen molar-refractivity contribution in [3.05, 3.63) is 95.8 Å². The van der Waals surface area contributed by atoms with E-state index in [0.717, 1.165) is 4.90 Å². The van der Waals surface area contributed by atoms with Crippen LogP contribution in [-0.4, -0.2) is 178 Å². The molecule has 0 radical (unpaired) electrons. The summed E-state index contributed by atoms with van der Waals surface area (Å²) in [5, 5.41) is 20.5. The average Bonchev–Trinajstić information content (AvgIpc) is 1.84. The quantitative estimate of drug-likeness (QED) is 0.133. The molecule has 0 aromatic heterocycles. The third kappa shape index (κ3) is 17.1. The summed E-state index contributed by atoms with van der Waals surface area (Å²) < 4.78 is 20.7. The lowest BCUT2D eigenvalue weighted by molar-refractivity contribution is -0.177. The normalized spacial score (nSPS) is 25.3. The molecule has 4 N–H and O–H groups in total. The number of nitrogens with one attached hydrogen (secondary N) is 3. The predicted octanol–water partition coefficient (Wildman–Crippen LogP) is 6.18. The van der Waals surface area contributed by atoms with Gasteiger partial charge in [-0.1, -0.05) is 142 Å². The summed E-state index contributed by atoms with van der Waals surface area (Å²) >= 11 is 0. The number of benzene rings is 3. The Kier molecular flexibility index (Phi) is 24.6. The number of esters is 1. The zero-order valence-corrected chi connectivity index (χ0v) is 53.4. The van der Waals surface area contributed by atoms with Crippen LogP contribution in [0.25, 0.3) is 11.1 Å². The van der Waals surface area contributed by atoms with Crippen molar-refractivity contribution < 1.29 is 57.4 Å². The number of halogens is 1. The number of likely N-dealkylation sites (N-methyl/N-ethyl adjacent to an activating group) is 4. The molecule has 2 aliphatic rings. The molecule has 0 saturated carbocycles. The molecular formula is C66H95FN8O11. The summed E-state index contributed by atoms with van der Waals surface area (Å²) in [6, 6.07) is 11.6. The molecule has 0 bridgehead atoms. The van der Waals surface area contributed by atoms with E-state index in [9.17, 15) is 33.5 Å². The Morgan fingerprint density at radius 2 is 1.13 bits per heavy atom. The maximum atomic E-state index is 15.6. The van der Waals surface area contributed by atoms with Crippen LogP contribution in [0.5, 0.6) is 0 Å². The van der Waals surface area contributed by atoms with Gasteiger partial charge in [-0.25, -0.2) is 9.18 Å². The Bertz CT molecular complexity index is 2880. The first-order chi connectivity index (χ1) is 40.3. The fourth-order valence-corrected chi connectivity index (χ4v) is 11.9. The third-order valence-corrected chi connectivity index (χ3v) is 17.1. The van der Waals surface area contributed by atoms with Gasteiger partial charge in [0.2, 0.25) is 41.4 Å². The van der Waals surface area contributed by atoms with Gasteiger partial charge in [0.25, 0.3) is 5.91 Å². The Hall–Kier alpha value is -7.22. The monoisotopic (exact) mass is 1190 g/mol. The highest BCUT2D eigenvalue weighted by atomic mass is 19.1. The first-order valence-electron chi connectivity index (χ1n) is 30.4. The molecule has 2 saturated heterocycles. The molecule has 11 atom stereocenters. The average molecular weight is 1200 g/mol. The number of hydrogen-bond donors (Lipinski definition) is 4. The van der Waals surface area contributed by atoms with E-state index in [-0.39, 0.29) is 38.1 Å². The molecule has 19 nitrogen and oxygen atoms in total. The van der Waals surface area contributed by atoms with E-state index in [1.54, 1.807) is 115 Å². The number of ether oxygens (including phenoxy) is 1. The Morgan fingerprint density at radius 1 is 0.593 bits per heavy atom. The van der Waals surface area contributed by atoms with E-state index >= 15 is 19.2 Å². The lowest BCUT2D eigenvalue weighted by atomic mass is 9.93. The smallest absolute Gasteiger partial charge is 0.332 e. The molecule has 2 fully saturated rings. The number of carbonyl (C=O) groups excluding carboxylic acids is 9. The molecule has 20 heteroatoms. The predicted molar refractivity (Wildman–Crippen MR) is 327 cm³/mol. The third-order valence-electron chi connectivity index (χ3n) is 17.1. The Labute approximate surface area is 508 Å². The van der Waals surface area contributed by atoms with Crippen molar-refractivity contribution in [1.29, 1.82) is 0 Å². The molecule has 3 aromatic rings. The first kappa shape index (κ1) is 69.6. The first-order valence-corrected chi connectivity index (χ1v) is 30.4. The molecule has 2 aliphatic heterocycles. The van der Waals surface area contributed by atoms with E-state index in [2.05, 4.69) is 16.0 Å². The van der Waals surface area contributed by atoms with Gasteiger partial charge >= 0.3 is 5.97 Å². The zero-order chi connectivity index (χ0) is 64.2. The molecule has 0 aliphatic carbocycles. The highest BCUT2D eigenvalue weighted by molar-refractivity contribution is 5.99. The summed E-state index contributed by atoms with van der Waals surface area (Å²) in [4.78, 5) is 142. The minimum absolute atomic E-state index is 0.0586. The van der Waals surface area contributed by atoms with Crippen molar-refractivity contribution in [2.45, 2.75) is 188 Å². The van der Waals surface area contributed by atoms with Crippen molar-refractivity contribution >= 4 is 53.2 Å². The van der Waals surface area contributed by atoms with Gasteiger partial charge in [0.15, 0.2) is 12.1 Å². The lowest BCUT2D eigenvalue weighted by Gasteiger charge is -2.39. The largest absolute Gasteiger partial charge is 0.450 e. The van der Waals surface area contributed by atoms with Crippen molar-refractivity contribution in [2.24, 2.45) is 29.6 Å². The maximum absolute atomic E-state index is 15.6. The van der Waals surface area contributed by atoms with Crippen LogP contribution in [0.1, 0.15) is 126 Å². The number of amides is 8. The SMILES string of the molecule is CC[C@H](C)[C@@H]1NC(=O)[C@@H]2CCCN2C(=O)[C@H](Cc2cccc(-c3cccc(F)c3)c2)N(C)C(=O)[C@H](Cc2ccccc2)NC(=O)[C@H](C(C)C)N(C)C(=O)[C@@H]([C@@H](C)CC)OC(=O)[C@H](C(C)(C)O)N(C)C(=O)[C@H](CC(C)C)NC(=O)[C@H](C(C)C)N(C)C1=O. The topological polar surface area (TPSA) is 235 Å². The molecular weight excluding hydrogens is 1100 g/mol. The van der Waals surface area contributed by atoms with Gasteiger partial charge in [0, 0.05) is 53.5 Å². The number of cyclic esters (lactones) is 1. The number of fused-ring (bicyclic) bond motifs is 1. The standard InChI is InChI=1S/C66H95FN8O11/c1-17-41(9)52-63(82)72(14)53(39(5)6)58(77)68-48(33-38(3)4)61(80)74(16)56(66(11,12)85)65(84)86-55(42(10)18-2)64(83)73(15)54(40(7)8)59(78)69-49(35-43-25-20-19-21-26-43)60(79)71(13)51(62(81)75-32-24-31-50(75)57(76)70-52)36-44-27-22-28-45(34-44)46-29-23-30-47(67)37-46/h19-23,25-30,34,37-42,48-56,85H,17-18,24,31-33,35-36H2,1-16H3,(H,68,77)(H,69,78)(H,70,76)/t41-,42-,48-,49-,50-,51-,52-,53-,54-,55+,56+/m0/s1. The van der Waals surface area contributed by atoms with Gasteiger partial charge in [0.1, 0.15) is 48.1 Å². The van der Waals surface area contributed by atoms with E-state index in [1.165, 1.54) is 73.8 Å². The van der Waals surface area contributed by atoms with Crippen LogP contribution in [0.4, 0.5) is 4.39 Å². The van der Waals surface area contributed by atoms with Gasteiger partial charge in [-0.3, -0.25) is 38.4 Å². The van der Waals surface area contributed by atoms with Gasteiger partial charge in [-0.15, -0.1) is 0 Å². The maximum Gasteiger partial charge on any atom is 0.332 e. The highest BCUT2D eigenvalue weighted by Crippen LogP contribution is 2.29. The summed E-state index contributed by atoms with van der Waals surface area (Å²) in [5.74, 6) is -9.57. The van der Waals surface area contributed by atoms with Gasteiger partial charge in [-0.2, -0.15) is 0 Å². The summed E-state index contributed by atoms with van der Waals surface area (Å²) in [5.41, 5.74) is 0.469. The fraction of sp³-hybridized carbons (Fsp3) is 0.591. The van der Waals surface area contributed by atoms with Gasteiger partial charge < -0.3 is 50.3 Å². The number of carbonyl (C=O) groups is 9. The minimum Gasteiger partial charge on any atom is -0.450 e. The van der Waals surface area contributed by atoms with Crippen LogP contribution in [-0.2, 0) is 60.7 Å². The van der Waals surface area contributed by atoms with E-state index in [0.29, 0.717) is 41.5 Å². The van der Waals surface area contributed by atoms with Gasteiger partial charge in [-0.05, 0) is 97.6 Å². The molecule has 5 rings (SSSR count). The van der Waals surface area contributed by atoms with Crippen LogP contribution in [0.3, 0.4) is 0 Å². The number of aliphatic hydroxyl groups is 1. The number of nitrogens with zero attached hydrogens (tertiary/aromatic N) is 5. The summed E-state index contributed by atoms with van der Waals surface area (Å²) in [6.45, 7) is 20.4. The molecule has 472 valence electrons. The van der Waals surface area contributed by atoms with E-state index in [4.69, 9.17) is 4.74 Å². The molecule has 2 heterocycles. The fourth-order valence-electron chi connectivity index (χ4n) is 11.9. The molecule has 3 aromatic carbocycles. The van der Waals surface area contributed by atoms with Crippen LogP contribution in [0.15, 0.2) is 78.9 Å². The van der Waals surface area contributed by atoms with Crippen LogP contribution in [0.2, 0.25) is 0 Å². The summed E-state index contributed by atoms with van der Waals surface area (Å²) in [6.07, 6.45) is -0.292. The zero-order valence-electron chi connectivity index (χ0n) is 53.4. The van der Waals surface area contributed by atoms with Crippen LogP contribution >= 0.6 is 0 Å². The second-order valence-corrected chi connectivity index (χ2v) is 25.4. The van der Waals surface area contributed by atoms with Crippen molar-refractivity contribution in [3.8, 4) is 11.1 Å². The van der Waals surface area contributed by atoms with Crippen molar-refractivity contribution in [1.82, 2.24) is 40.4 Å². The number of hydrogen-bond acceptors (Lipinski definition) is 11. The van der Waals surface area contributed by atoms with Gasteiger partial charge in [0.05, 0.1) is 5.60 Å². The minimum atomic E-state index is -1.99. The number of rotatable bonds is 14. The molecule has 0 unspecified atom stereocenters. The van der Waals surface area contributed by atoms with E-state index in [1.807, 2.05) is 20.8 Å². The lowest BCUT2D eigenvalue weighted by Crippen LogP contribution is -2.63. The van der Waals surface area contributed by atoms with Crippen LogP contribution < -0.4 is 16.0 Å². The summed E-state index contributed by atoms with van der Waals surface area (Å²) in [7, 11) is 5.60. The highest BCUT2D eigenvalue weighted by Gasteiger charge is 2.48. The second-order valence-electron chi connectivity index (χ2n) is 25.4. The Balaban J connectivity index is 1.73. The molecule has 8 amide bonds. The van der Waals surface area contributed by atoms with Crippen molar-refractivity contribution in [2.75, 3.05) is 34.7 Å². The van der Waals surface area contributed by atoms with E-state index < -0.39 is 143 Å². The van der Waals surface area contributed by atoms with Crippen LogP contribution in [0, 0.1) is 35.4 Å².